The van der Waals surface area contributed by atoms with Gasteiger partial charge in [0, 0.05) is 92.3 Å². The predicted octanol–water partition coefficient (Wildman–Crippen LogP) is 6.26. The highest BCUT2D eigenvalue weighted by molar-refractivity contribution is 6.20. The van der Waals surface area contributed by atoms with Crippen LogP contribution in [0.5, 0.6) is 11.5 Å². The number of alkyl carbamates (subject to hydrolysis) is 1. The van der Waals surface area contributed by atoms with Crippen molar-refractivity contribution < 1.29 is 81.5 Å². The highest BCUT2D eigenvalue weighted by Crippen LogP contribution is 2.47. The van der Waals surface area contributed by atoms with Gasteiger partial charge < -0.3 is 85.5 Å². The van der Waals surface area contributed by atoms with Gasteiger partial charge in [-0.05, 0) is 96.3 Å². The standard InChI is InChI=1S/C66H77ClN12O17/c1-39(2)57(75-64(88)94-31-30-93-29-28-92-27-26-91-25-24-78-53(81)19-20-54(78)82)61(85)74-49(10-7-21-69-63(68)87)60(84)71-45-15-11-41(12-16-45)38-95-65(89)76(4)22-23-77(5)66(90)96-52-34-51-56(55-40(3)8-6-9-48(52)55)44(35-67)37-79(51)62(86)50-33-43-32-46(36-70-58(43)73-50)72-59(83)42-13-17-47(80)18-14-42/h6,8-9,11-20,32-34,36,39,44,49,57,80H,7,10,21-31,35,37-38H2,1-5H3,(H,70,73)(H,71,84)(H,72,83)(H,74,85)(H,75,88)(H3,68,69,87)/t44-,49+,57+/m1/s1. The van der Waals surface area contributed by atoms with Gasteiger partial charge in [0.15, 0.2) is 0 Å². The van der Waals surface area contributed by atoms with E-state index in [1.165, 1.54) is 66.5 Å². The number of alkyl halides is 1. The summed E-state index contributed by atoms with van der Waals surface area (Å²) in [7, 11) is 3.03. The topological polar surface area (TPSA) is 374 Å². The van der Waals surface area contributed by atoms with E-state index in [1.807, 2.05) is 25.1 Å². The lowest BCUT2D eigenvalue weighted by molar-refractivity contribution is -0.137. The first-order valence-electron chi connectivity index (χ1n) is 30.9. The number of nitrogens with two attached hydrogens (primary N) is 1. The Bertz CT molecular complexity index is 3830. The number of benzene rings is 4. The summed E-state index contributed by atoms with van der Waals surface area (Å²) in [4.78, 5) is 142. The van der Waals surface area contributed by atoms with E-state index in [-0.39, 0.29) is 139 Å². The number of phenolic OH excluding ortho intramolecular Hbond substituents is 1. The Morgan fingerprint density at radius 1 is 0.781 bits per heavy atom. The SMILES string of the molecule is Cc1cccc2c(OC(=O)N(C)CCN(C)C(=O)OCc3ccc(NC(=O)[C@H](CCCNC(N)=O)NC(=O)[C@@H](NC(=O)OCCOCCOCCOCCN4C(=O)C=CC4=O)C(C)C)cc3)cc3c(c12)[C@H](CCl)CN3C(=O)c1cc2cc(NC(=O)c3ccc(O)cc3)cnc2[nH]1. The van der Waals surface area contributed by atoms with Crippen molar-refractivity contribution in [1.82, 2.24) is 40.6 Å². The van der Waals surface area contributed by atoms with Gasteiger partial charge in [0.1, 0.15) is 48.1 Å². The number of rotatable bonds is 32. The summed E-state index contributed by atoms with van der Waals surface area (Å²) < 4.78 is 33.1. The van der Waals surface area contributed by atoms with Crippen LogP contribution in [0.3, 0.4) is 0 Å². The number of imide groups is 1. The molecule has 2 aliphatic heterocycles. The van der Waals surface area contributed by atoms with E-state index in [0.29, 0.717) is 44.6 Å². The first-order valence-corrected chi connectivity index (χ1v) is 31.4. The van der Waals surface area contributed by atoms with Crippen LogP contribution < -0.4 is 42.0 Å². The zero-order valence-corrected chi connectivity index (χ0v) is 54.4. The fraction of sp³-hybridized carbons (Fsp3) is 0.379. The Labute approximate surface area is 557 Å². The molecule has 0 aliphatic carbocycles. The monoisotopic (exact) mass is 1340 g/mol. The largest absolute Gasteiger partial charge is 0.508 e. The molecule has 6 aromatic rings. The van der Waals surface area contributed by atoms with Crippen LogP contribution >= 0.6 is 11.6 Å². The number of aromatic hydroxyl groups is 1. The van der Waals surface area contributed by atoms with Gasteiger partial charge in [-0.15, -0.1) is 11.6 Å². The quantitative estimate of drug-likeness (QED) is 0.0131. The van der Waals surface area contributed by atoms with Crippen LogP contribution in [0.15, 0.2) is 103 Å². The molecule has 0 unspecified atom stereocenters. The number of primary amides is 1. The molecular formula is C66H77ClN12O17. The van der Waals surface area contributed by atoms with Crippen molar-refractivity contribution in [3.05, 3.63) is 131 Å². The normalized spacial score (nSPS) is 13.9. The van der Waals surface area contributed by atoms with E-state index in [1.54, 1.807) is 61.2 Å². The van der Waals surface area contributed by atoms with Crippen molar-refractivity contribution in [3.63, 3.8) is 0 Å². The fourth-order valence-electron chi connectivity index (χ4n) is 10.4. The van der Waals surface area contributed by atoms with Gasteiger partial charge in [-0.3, -0.25) is 33.7 Å². The smallest absolute Gasteiger partial charge is 0.415 e. The number of halogens is 1. The minimum absolute atomic E-state index is 0.0239. The first kappa shape index (κ1) is 71.5. The van der Waals surface area contributed by atoms with E-state index in [9.17, 15) is 53.1 Å². The minimum Gasteiger partial charge on any atom is -0.508 e. The molecule has 0 bridgehead atoms. The molecule has 4 heterocycles. The first-order chi connectivity index (χ1) is 46.1. The number of amides is 11. The zero-order chi connectivity index (χ0) is 69.0. The number of aromatic nitrogens is 2. The lowest BCUT2D eigenvalue weighted by atomic mass is 9.92. The van der Waals surface area contributed by atoms with Gasteiger partial charge in [-0.2, -0.15) is 0 Å². The number of aryl methyl sites for hydroxylation is 1. The van der Waals surface area contributed by atoms with Crippen molar-refractivity contribution in [3.8, 4) is 11.5 Å². The number of hydrogen-bond acceptors (Lipinski definition) is 18. The van der Waals surface area contributed by atoms with Gasteiger partial charge in [0.2, 0.25) is 11.8 Å². The summed E-state index contributed by atoms with van der Waals surface area (Å²) in [5, 5.41) is 24.9. The molecule has 4 aromatic carbocycles. The Morgan fingerprint density at radius 2 is 1.45 bits per heavy atom. The van der Waals surface area contributed by atoms with Crippen molar-refractivity contribution in [2.75, 3.05) is 114 Å². The molecule has 0 saturated heterocycles. The summed E-state index contributed by atoms with van der Waals surface area (Å²) in [6, 6.07) is 19.7. The zero-order valence-electron chi connectivity index (χ0n) is 53.6. The number of anilines is 3. The Hall–Kier alpha value is -10.4. The maximum atomic E-state index is 14.5. The van der Waals surface area contributed by atoms with Crippen LogP contribution in [0, 0.1) is 12.8 Å². The summed E-state index contributed by atoms with van der Waals surface area (Å²) in [6.07, 6.45) is 1.85. The number of likely N-dealkylation sites (N-methyl/N-ethyl adjacent to an activating group) is 2. The number of fused-ring (bicyclic) bond motifs is 4. The van der Waals surface area contributed by atoms with E-state index < -0.39 is 65.9 Å². The average molecular weight is 1350 g/mol. The molecule has 0 spiro atoms. The van der Waals surface area contributed by atoms with E-state index in [2.05, 4.69) is 36.6 Å². The van der Waals surface area contributed by atoms with Gasteiger partial charge in [-0.1, -0.05) is 44.2 Å². The Balaban J connectivity index is 0.786. The number of aromatic amines is 1. The third kappa shape index (κ3) is 19.4. The van der Waals surface area contributed by atoms with Crippen LogP contribution in [0.1, 0.15) is 70.1 Å². The number of ether oxygens (including phenoxy) is 6. The maximum Gasteiger partial charge on any atom is 0.415 e. The molecule has 9 N–H and O–H groups in total. The Kier molecular flexibility index (Phi) is 25.4. The molecule has 8 rings (SSSR count). The van der Waals surface area contributed by atoms with E-state index in [4.69, 9.17) is 45.8 Å². The molecule has 0 radical (unpaired) electrons. The third-order valence-corrected chi connectivity index (χ3v) is 15.9. The second kappa shape index (κ2) is 34.2. The molecule has 11 amide bonds. The van der Waals surface area contributed by atoms with Crippen molar-refractivity contribution in [2.45, 2.75) is 58.2 Å². The molecule has 30 heteroatoms. The van der Waals surface area contributed by atoms with Gasteiger partial charge in [-0.25, -0.2) is 24.2 Å². The molecule has 3 atom stereocenters. The molecule has 2 aromatic heterocycles. The second-order valence-corrected chi connectivity index (χ2v) is 23.2. The summed E-state index contributed by atoms with van der Waals surface area (Å²) in [5.74, 6) is -3.16. The van der Waals surface area contributed by atoms with Crippen LogP contribution in [0.25, 0.3) is 21.8 Å². The lowest BCUT2D eigenvalue weighted by Gasteiger charge is -2.25. The predicted molar refractivity (Wildman–Crippen MR) is 353 cm³/mol. The van der Waals surface area contributed by atoms with Gasteiger partial charge in [0.25, 0.3) is 23.6 Å². The highest BCUT2D eigenvalue weighted by Gasteiger charge is 2.37. The summed E-state index contributed by atoms with van der Waals surface area (Å²) in [5.41, 5.74) is 9.67. The Morgan fingerprint density at radius 3 is 2.11 bits per heavy atom. The average Bonchev–Trinajstić information content (AvgIpc) is 1.69. The second-order valence-electron chi connectivity index (χ2n) is 22.9. The summed E-state index contributed by atoms with van der Waals surface area (Å²) in [6.45, 7) is 6.66. The number of urea groups is 1. The molecule has 2 aliphatic rings. The van der Waals surface area contributed by atoms with E-state index in [0.717, 1.165) is 21.4 Å². The van der Waals surface area contributed by atoms with Crippen molar-refractivity contribution >= 4 is 110 Å². The van der Waals surface area contributed by atoms with Crippen LogP contribution in [0.2, 0.25) is 0 Å². The van der Waals surface area contributed by atoms with Crippen LogP contribution in [-0.4, -0.2) is 201 Å². The molecule has 29 nitrogen and oxygen atoms in total. The molecule has 0 fully saturated rings. The molecule has 0 saturated carbocycles. The number of carbonyl (C=O) groups excluding carboxylic acids is 10. The minimum atomic E-state index is -1.14. The number of nitrogens with zero attached hydrogens (tertiary/aromatic N) is 5. The maximum absolute atomic E-state index is 14.5. The lowest BCUT2D eigenvalue weighted by Crippen LogP contribution is -2.54. The number of nitrogens with one attached hydrogen (secondary N) is 6. The molecular weight excluding hydrogens is 1270 g/mol. The molecule has 96 heavy (non-hydrogen) atoms. The number of H-pyrrole nitrogens is 1. The van der Waals surface area contributed by atoms with Crippen molar-refractivity contribution in [1.29, 1.82) is 0 Å². The molecule has 510 valence electrons. The van der Waals surface area contributed by atoms with Gasteiger partial charge >= 0.3 is 24.3 Å². The number of pyridine rings is 1. The number of hydrogen-bond donors (Lipinski definition) is 8. The fourth-order valence-corrected chi connectivity index (χ4v) is 10.6. The highest BCUT2D eigenvalue weighted by atomic mass is 35.5. The van der Waals surface area contributed by atoms with E-state index >= 15 is 0 Å². The van der Waals surface area contributed by atoms with Crippen LogP contribution in [-0.2, 0) is 49.5 Å². The number of carbonyl (C=O) groups is 10. The number of phenols is 1. The van der Waals surface area contributed by atoms with Crippen molar-refractivity contribution in [2.24, 2.45) is 11.7 Å². The summed E-state index contributed by atoms with van der Waals surface area (Å²) >= 11 is 6.61. The van der Waals surface area contributed by atoms with Crippen LogP contribution in [0.4, 0.5) is 36.2 Å². The van der Waals surface area contributed by atoms with Gasteiger partial charge in [0.05, 0.1) is 63.8 Å². The third-order valence-electron chi connectivity index (χ3n) is 15.5.